The molecule has 5 rings (SSSR count). The van der Waals surface area contributed by atoms with Crippen molar-refractivity contribution in [1.82, 2.24) is 4.98 Å². The second-order valence-electron chi connectivity index (χ2n) is 9.99. The lowest BCUT2D eigenvalue weighted by atomic mass is 9.84. The first kappa shape index (κ1) is 21.3. The molecule has 3 aromatic carbocycles. The molecule has 0 N–H and O–H groups in total. The van der Waals surface area contributed by atoms with Gasteiger partial charge in [-0.05, 0) is 53.2 Å². The molecule has 0 fully saturated rings. The predicted molar refractivity (Wildman–Crippen MR) is 136 cm³/mol. The molecule has 2 heterocycles. The van der Waals surface area contributed by atoms with E-state index >= 15 is 0 Å². The van der Waals surface area contributed by atoms with E-state index in [2.05, 4.69) is 124 Å². The molecule has 33 heavy (non-hydrogen) atoms. The number of rotatable bonds is 2. The molecule has 0 aliphatic heterocycles. The van der Waals surface area contributed by atoms with Gasteiger partial charge in [0.1, 0.15) is 5.52 Å². The molecular formula is C30H31N3+2. The fourth-order valence-electron chi connectivity index (χ4n) is 4.71. The van der Waals surface area contributed by atoms with Gasteiger partial charge in [0.2, 0.25) is 11.2 Å². The SMILES string of the molecule is Cc1c(-c2ncc3ccccc3[n+]2C)cc(C(C)(C)C)cc1-[n+]1c(C)ccc2ccccc21. The molecule has 0 aliphatic carbocycles. The first-order chi connectivity index (χ1) is 15.8. The fraction of sp³-hybridized carbons (Fsp3) is 0.233. The number of aryl methyl sites for hydroxylation is 2. The molecule has 0 atom stereocenters. The first-order valence-electron chi connectivity index (χ1n) is 11.6. The molecule has 0 unspecified atom stereocenters. The van der Waals surface area contributed by atoms with Crippen molar-refractivity contribution in [3.8, 4) is 17.1 Å². The minimum atomic E-state index is 0.00562. The third kappa shape index (κ3) is 3.58. The average molecular weight is 434 g/mol. The highest BCUT2D eigenvalue weighted by molar-refractivity contribution is 5.78. The van der Waals surface area contributed by atoms with Crippen molar-refractivity contribution in [3.63, 3.8) is 0 Å². The highest BCUT2D eigenvalue weighted by atomic mass is 15.0. The Labute approximate surface area is 196 Å². The third-order valence-electron chi connectivity index (χ3n) is 6.70. The number of nitrogens with zero attached hydrogens (tertiary/aromatic N) is 3. The van der Waals surface area contributed by atoms with Gasteiger partial charge in [-0.1, -0.05) is 45.0 Å². The van der Waals surface area contributed by atoms with E-state index in [0.717, 1.165) is 11.2 Å². The van der Waals surface area contributed by atoms with Crippen molar-refractivity contribution >= 4 is 21.8 Å². The number of benzene rings is 3. The number of hydrogen-bond acceptors (Lipinski definition) is 1. The first-order valence-corrected chi connectivity index (χ1v) is 11.6. The Kier molecular flexibility index (Phi) is 5.01. The number of hydrogen-bond donors (Lipinski definition) is 0. The summed E-state index contributed by atoms with van der Waals surface area (Å²) in [7, 11) is 2.11. The Morgan fingerprint density at radius 1 is 0.758 bits per heavy atom. The van der Waals surface area contributed by atoms with Crippen LogP contribution < -0.4 is 9.13 Å². The number of para-hydroxylation sites is 2. The molecule has 0 saturated heterocycles. The zero-order valence-corrected chi connectivity index (χ0v) is 20.3. The quantitative estimate of drug-likeness (QED) is 0.310. The lowest BCUT2D eigenvalue weighted by molar-refractivity contribution is -0.636. The minimum absolute atomic E-state index is 0.00562. The van der Waals surface area contributed by atoms with Crippen molar-refractivity contribution in [2.45, 2.75) is 40.0 Å². The Morgan fingerprint density at radius 3 is 2.15 bits per heavy atom. The summed E-state index contributed by atoms with van der Waals surface area (Å²) in [6, 6.07) is 26.1. The summed E-state index contributed by atoms with van der Waals surface area (Å²) in [6.45, 7) is 11.2. The average Bonchev–Trinajstić information content (AvgIpc) is 2.80. The molecule has 0 aliphatic rings. The van der Waals surface area contributed by atoms with Crippen LogP contribution >= 0.6 is 0 Å². The van der Waals surface area contributed by atoms with Crippen molar-refractivity contribution in [3.05, 3.63) is 95.8 Å². The van der Waals surface area contributed by atoms with E-state index in [4.69, 9.17) is 4.98 Å². The molecular weight excluding hydrogens is 402 g/mol. The summed E-state index contributed by atoms with van der Waals surface area (Å²) in [5, 5.41) is 2.38. The third-order valence-corrected chi connectivity index (χ3v) is 6.70. The van der Waals surface area contributed by atoms with Crippen LogP contribution in [-0.2, 0) is 12.5 Å². The molecule has 2 aromatic heterocycles. The van der Waals surface area contributed by atoms with Crippen LogP contribution in [0.5, 0.6) is 0 Å². The van der Waals surface area contributed by atoms with Crippen LogP contribution in [0, 0.1) is 13.8 Å². The van der Waals surface area contributed by atoms with Gasteiger partial charge in [0.25, 0.3) is 0 Å². The van der Waals surface area contributed by atoms with Crippen molar-refractivity contribution < 1.29 is 9.13 Å². The predicted octanol–water partition coefficient (Wildman–Crippen LogP) is 6.07. The van der Waals surface area contributed by atoms with Gasteiger partial charge in [0, 0.05) is 36.1 Å². The monoisotopic (exact) mass is 433 g/mol. The fourth-order valence-corrected chi connectivity index (χ4v) is 4.71. The van der Waals surface area contributed by atoms with E-state index in [1.807, 2.05) is 6.20 Å². The second kappa shape index (κ2) is 7.77. The van der Waals surface area contributed by atoms with E-state index in [0.29, 0.717) is 0 Å². The summed E-state index contributed by atoms with van der Waals surface area (Å²) < 4.78 is 4.61. The van der Waals surface area contributed by atoms with Crippen LogP contribution in [0.4, 0.5) is 0 Å². The Morgan fingerprint density at radius 2 is 1.42 bits per heavy atom. The van der Waals surface area contributed by atoms with Gasteiger partial charge in [-0.25, -0.2) is 4.57 Å². The van der Waals surface area contributed by atoms with Crippen LogP contribution in [0.1, 0.15) is 37.6 Å². The van der Waals surface area contributed by atoms with Crippen LogP contribution in [0.2, 0.25) is 0 Å². The molecule has 0 saturated carbocycles. The zero-order valence-electron chi connectivity index (χ0n) is 20.3. The molecule has 5 aromatic rings. The standard InChI is InChI=1S/C30H31N3/c1-20-15-16-22-11-7-10-14-27(22)33(20)28-18-24(30(3,4)5)17-25(21(28)2)29-31-19-23-12-8-9-13-26(23)32(29)6/h7-19H,1-6H3/q+2. The second-order valence-corrected chi connectivity index (χ2v) is 9.99. The van der Waals surface area contributed by atoms with Crippen LogP contribution in [0.25, 0.3) is 38.9 Å². The number of aromatic nitrogens is 3. The van der Waals surface area contributed by atoms with E-state index in [9.17, 15) is 0 Å². The van der Waals surface area contributed by atoms with E-state index in [1.165, 1.54) is 44.5 Å². The zero-order chi connectivity index (χ0) is 23.3. The lowest BCUT2D eigenvalue weighted by Crippen LogP contribution is -2.38. The number of pyridine rings is 1. The van der Waals surface area contributed by atoms with E-state index in [-0.39, 0.29) is 5.41 Å². The molecule has 3 nitrogen and oxygen atoms in total. The maximum absolute atomic E-state index is 4.93. The van der Waals surface area contributed by atoms with Crippen molar-refractivity contribution in [1.29, 1.82) is 0 Å². The summed E-state index contributed by atoms with van der Waals surface area (Å²) in [4.78, 5) is 4.93. The molecule has 3 heteroatoms. The van der Waals surface area contributed by atoms with Crippen LogP contribution in [0.15, 0.2) is 79.0 Å². The van der Waals surface area contributed by atoms with Gasteiger partial charge in [0.15, 0.2) is 11.9 Å². The van der Waals surface area contributed by atoms with Gasteiger partial charge in [-0.3, -0.25) is 0 Å². The molecule has 0 amide bonds. The van der Waals surface area contributed by atoms with Crippen LogP contribution in [-0.4, -0.2) is 4.98 Å². The summed E-state index contributed by atoms with van der Waals surface area (Å²) >= 11 is 0. The van der Waals surface area contributed by atoms with Gasteiger partial charge < -0.3 is 0 Å². The Hall–Kier alpha value is -3.59. The normalized spacial score (nSPS) is 11.9. The molecule has 0 radical (unpaired) electrons. The summed E-state index contributed by atoms with van der Waals surface area (Å²) in [6.07, 6.45) is 1.99. The highest BCUT2D eigenvalue weighted by Gasteiger charge is 2.28. The topological polar surface area (TPSA) is 20.6 Å². The van der Waals surface area contributed by atoms with Crippen molar-refractivity contribution in [2.24, 2.45) is 7.05 Å². The largest absolute Gasteiger partial charge is 0.330 e. The summed E-state index contributed by atoms with van der Waals surface area (Å²) in [5.74, 6) is 0.983. The molecule has 0 spiro atoms. The smallest absolute Gasteiger partial charge is 0.226 e. The Bertz CT molecular complexity index is 1520. The molecule has 164 valence electrons. The Balaban J connectivity index is 1.88. The maximum Gasteiger partial charge on any atom is 0.330 e. The van der Waals surface area contributed by atoms with Crippen molar-refractivity contribution in [2.75, 3.05) is 0 Å². The van der Waals surface area contributed by atoms with Gasteiger partial charge >= 0.3 is 5.82 Å². The van der Waals surface area contributed by atoms with E-state index in [1.54, 1.807) is 0 Å². The number of fused-ring (bicyclic) bond motifs is 2. The van der Waals surface area contributed by atoms with E-state index < -0.39 is 0 Å². The van der Waals surface area contributed by atoms with Gasteiger partial charge in [-0.15, -0.1) is 0 Å². The van der Waals surface area contributed by atoms with Crippen LogP contribution in [0.3, 0.4) is 0 Å². The molecule has 0 bridgehead atoms. The summed E-state index contributed by atoms with van der Waals surface area (Å²) in [5.41, 5.74) is 8.52. The minimum Gasteiger partial charge on any atom is -0.226 e. The van der Waals surface area contributed by atoms with Gasteiger partial charge in [0.05, 0.1) is 18.0 Å². The lowest BCUT2D eigenvalue weighted by Gasteiger charge is -2.21. The van der Waals surface area contributed by atoms with Gasteiger partial charge in [-0.2, -0.15) is 4.57 Å². The highest BCUT2D eigenvalue weighted by Crippen LogP contribution is 2.32. The maximum atomic E-state index is 4.93.